The van der Waals surface area contributed by atoms with Crippen molar-refractivity contribution in [3.05, 3.63) is 34.9 Å². The number of carbonyl (C=O) groups is 1. The molecule has 1 amide bonds. The van der Waals surface area contributed by atoms with Gasteiger partial charge in [0.2, 0.25) is 5.91 Å². The quantitative estimate of drug-likeness (QED) is 0.847. The molecule has 1 aliphatic rings. The van der Waals surface area contributed by atoms with Crippen LogP contribution in [0.3, 0.4) is 0 Å². The molecule has 1 aliphatic heterocycles. The van der Waals surface area contributed by atoms with Crippen molar-refractivity contribution in [2.45, 2.75) is 24.1 Å². The fourth-order valence-electron chi connectivity index (χ4n) is 2.54. The number of halogens is 2. The van der Waals surface area contributed by atoms with Crippen molar-refractivity contribution >= 4 is 39.8 Å². The van der Waals surface area contributed by atoms with Gasteiger partial charge in [-0.15, -0.1) is 12.4 Å². The van der Waals surface area contributed by atoms with E-state index in [4.69, 9.17) is 11.6 Å². The molecule has 124 valence electrons. The van der Waals surface area contributed by atoms with E-state index >= 15 is 0 Å². The summed E-state index contributed by atoms with van der Waals surface area (Å²) in [5, 5.41) is 6.46. The minimum atomic E-state index is -3.47. The number of nitrogens with one attached hydrogen (secondary N) is 2. The summed E-state index contributed by atoms with van der Waals surface area (Å²) in [5.74, 6) is -0.415. The van der Waals surface area contributed by atoms with E-state index in [9.17, 15) is 13.2 Å². The number of piperidine rings is 1. The molecule has 1 saturated heterocycles. The van der Waals surface area contributed by atoms with Crippen molar-refractivity contribution in [2.75, 3.05) is 19.3 Å². The van der Waals surface area contributed by atoms with Crippen LogP contribution in [0.4, 0.5) is 0 Å². The van der Waals surface area contributed by atoms with Gasteiger partial charge in [-0.1, -0.05) is 23.7 Å². The van der Waals surface area contributed by atoms with Crippen molar-refractivity contribution in [1.82, 2.24) is 10.6 Å². The molecule has 1 heterocycles. The number of rotatable bonds is 4. The Morgan fingerprint density at radius 1 is 1.27 bits per heavy atom. The molecule has 0 saturated carbocycles. The second-order valence-corrected chi connectivity index (χ2v) is 8.09. The molecule has 0 atom stereocenters. The van der Waals surface area contributed by atoms with E-state index in [-0.39, 0.29) is 12.4 Å². The van der Waals surface area contributed by atoms with Gasteiger partial charge >= 0.3 is 0 Å². The molecule has 0 unspecified atom stereocenters. The zero-order chi connectivity index (χ0) is 15.5. The standard InChI is InChI=1S/C14H19ClN2O3S.ClH/c1-21(19,20)14(6-8-16-9-7-14)13(18)17-10-11-2-4-12(15)5-3-11;/h2-5,16H,6-10H2,1H3,(H,17,18);1H. The van der Waals surface area contributed by atoms with E-state index in [0.29, 0.717) is 37.5 Å². The molecule has 1 aromatic rings. The van der Waals surface area contributed by atoms with Crippen molar-refractivity contribution in [2.24, 2.45) is 0 Å². The lowest BCUT2D eigenvalue weighted by Gasteiger charge is -2.34. The van der Waals surface area contributed by atoms with Crippen molar-refractivity contribution in [1.29, 1.82) is 0 Å². The van der Waals surface area contributed by atoms with Gasteiger partial charge < -0.3 is 10.6 Å². The highest BCUT2D eigenvalue weighted by Gasteiger charge is 2.48. The van der Waals surface area contributed by atoms with Crippen LogP contribution >= 0.6 is 24.0 Å². The summed E-state index contributed by atoms with van der Waals surface area (Å²) in [6, 6.07) is 7.08. The molecule has 0 aromatic heterocycles. The third-order valence-electron chi connectivity index (χ3n) is 3.90. The number of hydrogen-bond acceptors (Lipinski definition) is 4. The van der Waals surface area contributed by atoms with Crippen LogP contribution in [0.5, 0.6) is 0 Å². The highest BCUT2D eigenvalue weighted by molar-refractivity contribution is 7.92. The number of benzene rings is 1. The van der Waals surface area contributed by atoms with E-state index in [1.807, 2.05) is 0 Å². The van der Waals surface area contributed by atoms with Gasteiger partial charge in [0.15, 0.2) is 14.6 Å². The SMILES string of the molecule is CS(=O)(=O)C1(C(=O)NCc2ccc(Cl)cc2)CCNCC1.Cl. The van der Waals surface area contributed by atoms with Gasteiger partial charge in [0, 0.05) is 17.8 Å². The minimum absolute atomic E-state index is 0. The lowest BCUT2D eigenvalue weighted by molar-refractivity contribution is -0.124. The zero-order valence-corrected chi connectivity index (χ0v) is 14.7. The van der Waals surface area contributed by atoms with Crippen LogP contribution < -0.4 is 10.6 Å². The summed E-state index contributed by atoms with van der Waals surface area (Å²) in [5.41, 5.74) is 0.880. The number of amides is 1. The van der Waals surface area contributed by atoms with Gasteiger partial charge in [0.1, 0.15) is 0 Å². The first-order chi connectivity index (χ1) is 9.85. The van der Waals surface area contributed by atoms with Gasteiger partial charge in [-0.05, 0) is 43.6 Å². The maximum atomic E-state index is 12.5. The predicted octanol–water partition coefficient (Wildman–Crippen LogP) is 1.54. The molecule has 0 bridgehead atoms. The van der Waals surface area contributed by atoms with E-state index in [1.54, 1.807) is 24.3 Å². The van der Waals surface area contributed by atoms with Crippen LogP contribution in [-0.2, 0) is 21.2 Å². The van der Waals surface area contributed by atoms with Crippen LogP contribution in [-0.4, -0.2) is 38.4 Å². The van der Waals surface area contributed by atoms with Gasteiger partial charge in [0.05, 0.1) is 0 Å². The lowest BCUT2D eigenvalue weighted by atomic mass is 9.95. The topological polar surface area (TPSA) is 75.3 Å². The Kier molecular flexibility index (Phi) is 6.67. The number of carbonyl (C=O) groups excluding carboxylic acids is 1. The second-order valence-electron chi connectivity index (χ2n) is 5.33. The normalized spacial score (nSPS) is 17.4. The lowest BCUT2D eigenvalue weighted by Crippen LogP contribution is -2.57. The molecule has 0 aliphatic carbocycles. The second kappa shape index (κ2) is 7.64. The third kappa shape index (κ3) is 4.13. The average molecular weight is 367 g/mol. The van der Waals surface area contributed by atoms with E-state index in [2.05, 4.69) is 10.6 Å². The largest absolute Gasteiger partial charge is 0.351 e. The van der Waals surface area contributed by atoms with Gasteiger partial charge in [-0.25, -0.2) is 8.42 Å². The van der Waals surface area contributed by atoms with Crippen molar-refractivity contribution in [3.63, 3.8) is 0 Å². The van der Waals surface area contributed by atoms with Gasteiger partial charge in [-0.2, -0.15) is 0 Å². The van der Waals surface area contributed by atoms with Gasteiger partial charge in [0.25, 0.3) is 0 Å². The zero-order valence-electron chi connectivity index (χ0n) is 12.3. The van der Waals surface area contributed by atoms with E-state index < -0.39 is 20.5 Å². The molecule has 8 heteroatoms. The van der Waals surface area contributed by atoms with Crippen LogP contribution in [0.15, 0.2) is 24.3 Å². The Morgan fingerprint density at radius 3 is 2.32 bits per heavy atom. The van der Waals surface area contributed by atoms with Crippen LogP contribution in [0.2, 0.25) is 5.02 Å². The molecule has 2 N–H and O–H groups in total. The fraction of sp³-hybridized carbons (Fsp3) is 0.500. The molecule has 1 aromatic carbocycles. The van der Waals surface area contributed by atoms with Crippen molar-refractivity contribution < 1.29 is 13.2 Å². The first-order valence-electron chi connectivity index (χ1n) is 6.78. The molecule has 2 rings (SSSR count). The molecule has 5 nitrogen and oxygen atoms in total. The van der Waals surface area contributed by atoms with E-state index in [0.717, 1.165) is 11.8 Å². The van der Waals surface area contributed by atoms with Crippen LogP contribution in [0, 0.1) is 0 Å². The summed E-state index contributed by atoms with van der Waals surface area (Å²) >= 11 is 5.80. The fourth-order valence-corrected chi connectivity index (χ4v) is 4.02. The first kappa shape index (κ1) is 19.2. The summed E-state index contributed by atoms with van der Waals surface area (Å²) in [4.78, 5) is 12.5. The Balaban J connectivity index is 0.00000242. The molecular weight excluding hydrogens is 347 g/mol. The average Bonchev–Trinajstić information content (AvgIpc) is 2.46. The Bertz CT molecular complexity index is 611. The number of sulfone groups is 1. The predicted molar refractivity (Wildman–Crippen MR) is 90.2 cm³/mol. The summed E-state index contributed by atoms with van der Waals surface area (Å²) in [7, 11) is -3.47. The monoisotopic (exact) mass is 366 g/mol. The van der Waals surface area contributed by atoms with Gasteiger partial charge in [-0.3, -0.25) is 4.79 Å². The maximum absolute atomic E-state index is 12.5. The maximum Gasteiger partial charge on any atom is 0.241 e. The smallest absolute Gasteiger partial charge is 0.241 e. The minimum Gasteiger partial charge on any atom is -0.351 e. The van der Waals surface area contributed by atoms with E-state index in [1.165, 1.54) is 0 Å². The Hall–Kier alpha value is -0.820. The highest BCUT2D eigenvalue weighted by atomic mass is 35.5. The van der Waals surface area contributed by atoms with Crippen LogP contribution in [0.1, 0.15) is 18.4 Å². The first-order valence-corrected chi connectivity index (χ1v) is 9.05. The summed E-state index contributed by atoms with van der Waals surface area (Å²) in [6.45, 7) is 1.35. The summed E-state index contributed by atoms with van der Waals surface area (Å²) < 4.78 is 22.9. The highest BCUT2D eigenvalue weighted by Crippen LogP contribution is 2.28. The Labute approximate surface area is 142 Å². The molecule has 0 radical (unpaired) electrons. The van der Waals surface area contributed by atoms with Crippen LogP contribution in [0.25, 0.3) is 0 Å². The number of hydrogen-bond donors (Lipinski definition) is 2. The summed E-state index contributed by atoms with van der Waals surface area (Å²) in [6.07, 6.45) is 1.75. The molecule has 0 spiro atoms. The molecule has 22 heavy (non-hydrogen) atoms. The third-order valence-corrected chi connectivity index (χ3v) is 6.17. The molecule has 1 fully saturated rings. The molecular formula is C14H20Cl2N2O3S. The Morgan fingerprint density at radius 2 is 1.82 bits per heavy atom. The van der Waals surface area contributed by atoms with Crippen molar-refractivity contribution in [3.8, 4) is 0 Å².